The number of hydrogen-bond donors (Lipinski definition) is 0. The van der Waals surface area contributed by atoms with E-state index >= 15 is 0 Å². The molecular formula is C11H4Cl6N4O2S. The zero-order valence-corrected chi connectivity index (χ0v) is 16.4. The molecule has 0 radical (unpaired) electrons. The molecule has 0 saturated heterocycles. The first kappa shape index (κ1) is 20.0. The summed E-state index contributed by atoms with van der Waals surface area (Å²) in [5.41, 5.74) is -0.0565. The number of non-ortho nitro benzene ring substituents is 1. The Bertz CT molecular complexity index is 730. The molecule has 2 rings (SSSR count). The molecule has 6 nitrogen and oxygen atoms in total. The van der Waals surface area contributed by atoms with Gasteiger partial charge in [0.1, 0.15) is 0 Å². The number of nitro groups is 1. The minimum absolute atomic E-state index is 0.0565. The summed E-state index contributed by atoms with van der Waals surface area (Å²) in [7, 11) is 0. The Morgan fingerprint density at radius 2 is 1.33 bits per heavy atom. The maximum atomic E-state index is 10.7. The second kappa shape index (κ2) is 7.53. The molecule has 0 spiro atoms. The molecular weight excluding hydrogens is 465 g/mol. The zero-order valence-electron chi connectivity index (χ0n) is 11.1. The van der Waals surface area contributed by atoms with Gasteiger partial charge in [-0.25, -0.2) is 15.0 Å². The molecule has 0 saturated carbocycles. The Hall–Kier alpha value is -0.280. The molecule has 2 aromatic rings. The minimum atomic E-state index is -1.95. The van der Waals surface area contributed by atoms with Gasteiger partial charge in [0.15, 0.2) is 16.8 Å². The van der Waals surface area contributed by atoms with Crippen LogP contribution >= 0.6 is 81.4 Å². The zero-order chi connectivity index (χ0) is 18.1. The van der Waals surface area contributed by atoms with E-state index in [9.17, 15) is 10.1 Å². The molecule has 1 aromatic heterocycles. The lowest BCUT2D eigenvalue weighted by Crippen LogP contribution is -2.16. The summed E-state index contributed by atoms with van der Waals surface area (Å²) in [4.78, 5) is 22.6. The van der Waals surface area contributed by atoms with E-state index in [2.05, 4.69) is 15.0 Å². The number of rotatable bonds is 3. The first-order valence-electron chi connectivity index (χ1n) is 5.79. The summed E-state index contributed by atoms with van der Waals surface area (Å²) in [6.07, 6.45) is 0. The highest BCUT2D eigenvalue weighted by Crippen LogP contribution is 2.41. The van der Waals surface area contributed by atoms with Gasteiger partial charge in [-0.2, -0.15) is 0 Å². The van der Waals surface area contributed by atoms with Gasteiger partial charge in [0.05, 0.1) is 4.92 Å². The fourth-order valence-corrected chi connectivity index (χ4v) is 2.65. The van der Waals surface area contributed by atoms with Crippen molar-refractivity contribution in [1.29, 1.82) is 0 Å². The first-order valence-corrected chi connectivity index (χ1v) is 8.88. The Morgan fingerprint density at radius 1 is 0.875 bits per heavy atom. The average Bonchev–Trinajstić information content (AvgIpc) is 2.45. The van der Waals surface area contributed by atoms with Crippen LogP contribution in [0.15, 0.2) is 34.3 Å². The molecule has 0 fully saturated rings. The molecule has 13 heteroatoms. The smallest absolute Gasteiger partial charge is 0.258 e. The van der Waals surface area contributed by atoms with E-state index in [1.54, 1.807) is 0 Å². The van der Waals surface area contributed by atoms with Crippen molar-refractivity contribution in [3.8, 4) is 0 Å². The molecule has 0 aliphatic rings. The van der Waals surface area contributed by atoms with Crippen molar-refractivity contribution in [1.82, 2.24) is 15.0 Å². The minimum Gasteiger partial charge on any atom is -0.258 e. The van der Waals surface area contributed by atoms with Crippen molar-refractivity contribution in [3.05, 3.63) is 46.0 Å². The lowest BCUT2D eigenvalue weighted by molar-refractivity contribution is -0.384. The third kappa shape index (κ3) is 5.36. The third-order valence-electron chi connectivity index (χ3n) is 2.38. The number of aromatic nitrogens is 3. The number of nitro benzene ring substituents is 1. The predicted octanol–water partition coefficient (Wildman–Crippen LogP) is 5.58. The number of hydrogen-bond acceptors (Lipinski definition) is 6. The van der Waals surface area contributed by atoms with Crippen LogP contribution in [-0.4, -0.2) is 19.9 Å². The standard InChI is InChI=1S/C11H4Cl6N4O2S/c12-10(13,14)7-18-8(11(15,16)17)20-9(19-7)24-6-3-1-5(2-4-6)21(22)23/h1-4H. The maximum absolute atomic E-state index is 10.7. The highest BCUT2D eigenvalue weighted by molar-refractivity contribution is 7.99. The second-order valence-corrected chi connectivity index (χ2v) is 9.72. The van der Waals surface area contributed by atoms with Gasteiger partial charge in [-0.1, -0.05) is 69.6 Å². The third-order valence-corrected chi connectivity index (χ3v) is 4.27. The van der Waals surface area contributed by atoms with Gasteiger partial charge in [0.2, 0.25) is 7.59 Å². The normalized spacial score (nSPS) is 12.2. The predicted molar refractivity (Wildman–Crippen MR) is 95.5 cm³/mol. The van der Waals surface area contributed by atoms with Gasteiger partial charge in [0.25, 0.3) is 5.69 Å². The van der Waals surface area contributed by atoms with Gasteiger partial charge < -0.3 is 0 Å². The summed E-state index contributed by atoms with van der Waals surface area (Å²) < 4.78 is -3.89. The summed E-state index contributed by atoms with van der Waals surface area (Å²) >= 11 is 35.7. The Labute approximate surface area is 169 Å². The summed E-state index contributed by atoms with van der Waals surface area (Å²) in [5.74, 6) is -0.429. The molecule has 128 valence electrons. The molecule has 1 heterocycles. The molecule has 0 bridgehead atoms. The summed E-state index contributed by atoms with van der Waals surface area (Å²) in [6.45, 7) is 0. The first-order chi connectivity index (χ1) is 11.0. The van der Waals surface area contributed by atoms with Gasteiger partial charge >= 0.3 is 0 Å². The van der Waals surface area contributed by atoms with Crippen LogP contribution in [0.5, 0.6) is 0 Å². The number of nitrogens with zero attached hydrogens (tertiary/aromatic N) is 4. The molecule has 0 N–H and O–H groups in total. The van der Waals surface area contributed by atoms with Crippen molar-refractivity contribution in [2.24, 2.45) is 0 Å². The van der Waals surface area contributed by atoms with E-state index in [-0.39, 0.29) is 22.5 Å². The highest BCUT2D eigenvalue weighted by atomic mass is 35.6. The second-order valence-electron chi connectivity index (χ2n) is 4.11. The lowest BCUT2D eigenvalue weighted by Gasteiger charge is -2.15. The van der Waals surface area contributed by atoms with E-state index in [4.69, 9.17) is 69.6 Å². The van der Waals surface area contributed by atoms with E-state index in [1.807, 2.05) is 0 Å². The average molecular weight is 469 g/mol. The number of benzene rings is 1. The van der Waals surface area contributed by atoms with E-state index in [0.717, 1.165) is 11.8 Å². The number of halogens is 6. The molecule has 0 aliphatic carbocycles. The fourth-order valence-electron chi connectivity index (χ4n) is 1.40. The van der Waals surface area contributed by atoms with Crippen LogP contribution < -0.4 is 0 Å². The quantitative estimate of drug-likeness (QED) is 0.332. The van der Waals surface area contributed by atoms with E-state index in [0.29, 0.717) is 4.90 Å². The largest absolute Gasteiger partial charge is 0.269 e. The van der Waals surface area contributed by atoms with Crippen LogP contribution in [0.3, 0.4) is 0 Å². The van der Waals surface area contributed by atoms with Crippen molar-refractivity contribution in [2.45, 2.75) is 17.6 Å². The van der Waals surface area contributed by atoms with Crippen LogP contribution in [-0.2, 0) is 7.59 Å². The Balaban J connectivity index is 2.40. The fraction of sp³-hybridized carbons (Fsp3) is 0.182. The van der Waals surface area contributed by atoms with Crippen molar-refractivity contribution in [3.63, 3.8) is 0 Å². The Morgan fingerprint density at radius 3 is 1.71 bits per heavy atom. The van der Waals surface area contributed by atoms with Gasteiger partial charge in [-0.05, 0) is 23.9 Å². The van der Waals surface area contributed by atoms with Gasteiger partial charge in [-0.3, -0.25) is 10.1 Å². The van der Waals surface area contributed by atoms with Crippen LogP contribution in [0.25, 0.3) is 0 Å². The molecule has 24 heavy (non-hydrogen) atoms. The van der Waals surface area contributed by atoms with E-state index in [1.165, 1.54) is 24.3 Å². The topological polar surface area (TPSA) is 81.8 Å². The summed E-state index contributed by atoms with van der Waals surface area (Å²) in [5, 5.41) is 10.8. The van der Waals surface area contributed by atoms with Crippen LogP contribution in [0, 0.1) is 10.1 Å². The van der Waals surface area contributed by atoms with Crippen LogP contribution in [0.2, 0.25) is 0 Å². The molecule has 0 unspecified atom stereocenters. The highest BCUT2D eigenvalue weighted by Gasteiger charge is 2.34. The van der Waals surface area contributed by atoms with Gasteiger partial charge in [0, 0.05) is 17.0 Å². The molecule has 0 aliphatic heterocycles. The van der Waals surface area contributed by atoms with Crippen molar-refractivity contribution in [2.75, 3.05) is 0 Å². The van der Waals surface area contributed by atoms with Gasteiger partial charge in [-0.15, -0.1) is 0 Å². The molecule has 1 aromatic carbocycles. The Kier molecular flexibility index (Phi) is 6.29. The van der Waals surface area contributed by atoms with Crippen molar-refractivity contribution >= 4 is 87.1 Å². The maximum Gasteiger partial charge on any atom is 0.269 e. The van der Waals surface area contributed by atoms with Crippen molar-refractivity contribution < 1.29 is 4.92 Å². The van der Waals surface area contributed by atoms with E-state index < -0.39 is 12.5 Å². The monoisotopic (exact) mass is 466 g/mol. The lowest BCUT2D eigenvalue weighted by atomic mass is 10.3. The SMILES string of the molecule is O=[N+]([O-])c1ccc(Sc2nc(C(Cl)(Cl)Cl)nc(C(Cl)(Cl)Cl)n2)cc1. The van der Waals surface area contributed by atoms with Crippen LogP contribution in [0.4, 0.5) is 5.69 Å². The van der Waals surface area contributed by atoms with Crippen LogP contribution in [0.1, 0.15) is 11.6 Å². The summed E-state index contributed by atoms with van der Waals surface area (Å²) in [6, 6.07) is 5.68. The molecule has 0 atom stereocenters. The molecule has 0 amide bonds. The number of alkyl halides is 6.